The zero-order chi connectivity index (χ0) is 12.1. The molecule has 16 heavy (non-hydrogen) atoms. The zero-order valence-corrected chi connectivity index (χ0v) is 9.27. The first kappa shape index (κ1) is 12.0. The van der Waals surface area contributed by atoms with E-state index < -0.39 is 18.5 Å². The van der Waals surface area contributed by atoms with Crippen molar-refractivity contribution in [1.82, 2.24) is 0 Å². The Balaban J connectivity index is 2.66. The van der Waals surface area contributed by atoms with Crippen LogP contribution in [0.2, 0.25) is 0 Å². The number of anilines is 1. The molecule has 86 valence electrons. The molecular formula is C11H14N2O3. The predicted molar refractivity (Wildman–Crippen MR) is 60.2 cm³/mol. The lowest BCUT2D eigenvalue weighted by molar-refractivity contribution is -0.121. The standard InChI is InChI=1S/C11H14N2O3/c1-13(2)9-5-3-8(4-6-9)11(15)16-7-10(12)14/h3-6H,7H2,1-2H3,(H2,12,14). The molecule has 0 heterocycles. The molecule has 0 radical (unpaired) electrons. The molecule has 0 saturated heterocycles. The minimum atomic E-state index is -0.668. The molecule has 0 aliphatic carbocycles. The highest BCUT2D eigenvalue weighted by molar-refractivity contribution is 5.91. The minimum absolute atomic E-state index is 0.395. The maximum absolute atomic E-state index is 11.4. The highest BCUT2D eigenvalue weighted by Gasteiger charge is 2.08. The molecule has 0 spiro atoms. The molecule has 2 N–H and O–H groups in total. The Morgan fingerprint density at radius 1 is 1.25 bits per heavy atom. The number of carbonyl (C=O) groups is 2. The average Bonchev–Trinajstić information content (AvgIpc) is 2.26. The van der Waals surface area contributed by atoms with Gasteiger partial charge in [-0.05, 0) is 24.3 Å². The van der Waals surface area contributed by atoms with Crippen LogP contribution in [-0.2, 0) is 9.53 Å². The third-order valence-corrected chi connectivity index (χ3v) is 1.96. The molecule has 1 rings (SSSR count). The fourth-order valence-corrected chi connectivity index (χ4v) is 1.12. The summed E-state index contributed by atoms with van der Waals surface area (Å²) in [5.41, 5.74) is 6.23. The quantitative estimate of drug-likeness (QED) is 0.748. The molecule has 0 unspecified atom stereocenters. The SMILES string of the molecule is CN(C)c1ccc(C(=O)OCC(N)=O)cc1. The molecule has 1 aromatic rings. The summed E-state index contributed by atoms with van der Waals surface area (Å²) in [4.78, 5) is 23.7. The number of esters is 1. The number of hydrogen-bond acceptors (Lipinski definition) is 4. The molecule has 0 aliphatic heterocycles. The van der Waals surface area contributed by atoms with Crippen LogP contribution in [0.25, 0.3) is 0 Å². The third kappa shape index (κ3) is 3.27. The second kappa shape index (κ2) is 5.16. The van der Waals surface area contributed by atoms with Crippen molar-refractivity contribution in [3.63, 3.8) is 0 Å². The first-order valence-corrected chi connectivity index (χ1v) is 4.73. The molecule has 0 fully saturated rings. The van der Waals surface area contributed by atoms with Crippen LogP contribution in [0.4, 0.5) is 5.69 Å². The van der Waals surface area contributed by atoms with Gasteiger partial charge in [-0.2, -0.15) is 0 Å². The third-order valence-electron chi connectivity index (χ3n) is 1.96. The Labute approximate surface area is 93.8 Å². The Morgan fingerprint density at radius 3 is 2.25 bits per heavy atom. The molecule has 5 nitrogen and oxygen atoms in total. The van der Waals surface area contributed by atoms with Gasteiger partial charge in [0.25, 0.3) is 5.91 Å². The average molecular weight is 222 g/mol. The van der Waals surface area contributed by atoms with Gasteiger partial charge in [0.2, 0.25) is 0 Å². The van der Waals surface area contributed by atoms with E-state index in [1.807, 2.05) is 19.0 Å². The van der Waals surface area contributed by atoms with Crippen LogP contribution in [0.1, 0.15) is 10.4 Å². The van der Waals surface area contributed by atoms with Crippen molar-refractivity contribution >= 4 is 17.6 Å². The highest BCUT2D eigenvalue weighted by Crippen LogP contribution is 2.12. The van der Waals surface area contributed by atoms with Crippen molar-refractivity contribution in [1.29, 1.82) is 0 Å². The number of rotatable bonds is 4. The normalized spacial score (nSPS) is 9.62. The predicted octanol–water partition coefficient (Wildman–Crippen LogP) is 0.395. The van der Waals surface area contributed by atoms with Crippen LogP contribution in [-0.4, -0.2) is 32.6 Å². The number of amides is 1. The summed E-state index contributed by atoms with van der Waals surface area (Å²) >= 11 is 0. The summed E-state index contributed by atoms with van der Waals surface area (Å²) in [6.45, 7) is -0.395. The van der Waals surface area contributed by atoms with E-state index >= 15 is 0 Å². The van der Waals surface area contributed by atoms with Gasteiger partial charge in [0, 0.05) is 19.8 Å². The number of hydrogen-bond donors (Lipinski definition) is 1. The fraction of sp³-hybridized carbons (Fsp3) is 0.273. The van der Waals surface area contributed by atoms with Crippen molar-refractivity contribution in [2.45, 2.75) is 0 Å². The van der Waals surface area contributed by atoms with E-state index in [4.69, 9.17) is 5.73 Å². The van der Waals surface area contributed by atoms with E-state index in [9.17, 15) is 9.59 Å². The first-order valence-electron chi connectivity index (χ1n) is 4.73. The lowest BCUT2D eigenvalue weighted by Crippen LogP contribution is -2.20. The molecular weight excluding hydrogens is 208 g/mol. The second-order valence-corrected chi connectivity index (χ2v) is 3.48. The van der Waals surface area contributed by atoms with E-state index in [0.717, 1.165) is 5.69 Å². The maximum Gasteiger partial charge on any atom is 0.338 e. The van der Waals surface area contributed by atoms with E-state index in [0.29, 0.717) is 5.56 Å². The Hall–Kier alpha value is -2.04. The van der Waals surface area contributed by atoms with Crippen LogP contribution < -0.4 is 10.6 Å². The number of benzene rings is 1. The second-order valence-electron chi connectivity index (χ2n) is 3.48. The van der Waals surface area contributed by atoms with Gasteiger partial charge in [0.05, 0.1) is 5.56 Å². The summed E-state index contributed by atoms with van der Waals surface area (Å²) in [5.74, 6) is -1.22. The Kier molecular flexibility index (Phi) is 3.88. The van der Waals surface area contributed by atoms with Crippen molar-refractivity contribution in [3.8, 4) is 0 Å². The topological polar surface area (TPSA) is 72.6 Å². The summed E-state index contributed by atoms with van der Waals surface area (Å²) in [6, 6.07) is 6.86. The van der Waals surface area contributed by atoms with Gasteiger partial charge in [-0.15, -0.1) is 0 Å². The van der Waals surface area contributed by atoms with Crippen LogP contribution >= 0.6 is 0 Å². The smallest absolute Gasteiger partial charge is 0.338 e. The molecule has 0 aliphatic rings. The summed E-state index contributed by atoms with van der Waals surface area (Å²) in [5, 5.41) is 0. The van der Waals surface area contributed by atoms with Crippen LogP contribution in [0.5, 0.6) is 0 Å². The maximum atomic E-state index is 11.4. The lowest BCUT2D eigenvalue weighted by atomic mass is 10.2. The molecule has 1 aromatic carbocycles. The molecule has 0 bridgehead atoms. The van der Waals surface area contributed by atoms with E-state index in [1.165, 1.54) is 0 Å². The molecule has 0 saturated carbocycles. The van der Waals surface area contributed by atoms with E-state index in [2.05, 4.69) is 4.74 Å². The lowest BCUT2D eigenvalue weighted by Gasteiger charge is -2.12. The van der Waals surface area contributed by atoms with E-state index in [-0.39, 0.29) is 0 Å². The summed E-state index contributed by atoms with van der Waals surface area (Å²) in [6.07, 6.45) is 0. The zero-order valence-electron chi connectivity index (χ0n) is 9.27. The van der Waals surface area contributed by atoms with Gasteiger partial charge in [0.1, 0.15) is 0 Å². The number of primary amides is 1. The van der Waals surface area contributed by atoms with Crippen molar-refractivity contribution in [2.75, 3.05) is 25.6 Å². The fourth-order valence-electron chi connectivity index (χ4n) is 1.12. The van der Waals surface area contributed by atoms with Crippen molar-refractivity contribution in [2.24, 2.45) is 5.73 Å². The van der Waals surface area contributed by atoms with Crippen LogP contribution in [0, 0.1) is 0 Å². The van der Waals surface area contributed by atoms with Gasteiger partial charge < -0.3 is 15.4 Å². The molecule has 1 amide bonds. The minimum Gasteiger partial charge on any atom is -0.452 e. The van der Waals surface area contributed by atoms with Gasteiger partial charge in [0.15, 0.2) is 6.61 Å². The number of nitrogens with zero attached hydrogens (tertiary/aromatic N) is 1. The molecule has 0 atom stereocenters. The molecule has 0 aromatic heterocycles. The Morgan fingerprint density at radius 2 is 1.81 bits per heavy atom. The summed E-state index contributed by atoms with van der Waals surface area (Å²) < 4.78 is 4.66. The largest absolute Gasteiger partial charge is 0.452 e. The van der Waals surface area contributed by atoms with Crippen molar-refractivity contribution < 1.29 is 14.3 Å². The van der Waals surface area contributed by atoms with Crippen molar-refractivity contribution in [3.05, 3.63) is 29.8 Å². The molecule has 5 heteroatoms. The number of nitrogens with two attached hydrogens (primary N) is 1. The van der Waals surface area contributed by atoms with Gasteiger partial charge in [-0.3, -0.25) is 4.79 Å². The highest BCUT2D eigenvalue weighted by atomic mass is 16.5. The van der Waals surface area contributed by atoms with Gasteiger partial charge >= 0.3 is 5.97 Å². The van der Waals surface area contributed by atoms with Gasteiger partial charge in [-0.25, -0.2) is 4.79 Å². The van der Waals surface area contributed by atoms with Crippen LogP contribution in [0.15, 0.2) is 24.3 Å². The number of ether oxygens (including phenoxy) is 1. The first-order chi connectivity index (χ1) is 7.50. The Bertz CT molecular complexity index is 385. The summed E-state index contributed by atoms with van der Waals surface area (Å²) in [7, 11) is 3.81. The van der Waals surface area contributed by atoms with Crippen LogP contribution in [0.3, 0.4) is 0 Å². The number of carbonyl (C=O) groups excluding carboxylic acids is 2. The monoisotopic (exact) mass is 222 g/mol. The van der Waals surface area contributed by atoms with Gasteiger partial charge in [-0.1, -0.05) is 0 Å². The van der Waals surface area contributed by atoms with E-state index in [1.54, 1.807) is 24.3 Å².